The Morgan fingerprint density at radius 2 is 1.56 bits per heavy atom. The quantitative estimate of drug-likeness (QED) is 0.631. The number of nitrogens with zero attached hydrogens (tertiary/aromatic N) is 1. The van der Waals surface area contributed by atoms with Crippen molar-refractivity contribution in [3.63, 3.8) is 0 Å². The highest BCUT2D eigenvalue weighted by Gasteiger charge is 2.11. The van der Waals surface area contributed by atoms with Crippen LogP contribution in [0.4, 0.5) is 0 Å². The summed E-state index contributed by atoms with van der Waals surface area (Å²) in [5, 5.41) is 1.37. The second-order valence-electron chi connectivity index (χ2n) is 4.81. The van der Waals surface area contributed by atoms with Crippen LogP contribution in [0, 0.1) is 6.92 Å². The minimum Gasteiger partial charge on any atom is -0.347 e. The zero-order valence-electron chi connectivity index (χ0n) is 10.9. The lowest BCUT2D eigenvalue weighted by Crippen LogP contribution is -1.98. The van der Waals surface area contributed by atoms with Crippen LogP contribution in [0.5, 0.6) is 0 Å². The van der Waals surface area contributed by atoms with Gasteiger partial charge in [-0.3, -0.25) is 0 Å². The molecule has 0 aliphatic rings. The Morgan fingerprint density at radius 3 is 2.28 bits per heavy atom. The molecule has 0 saturated carbocycles. The van der Waals surface area contributed by atoms with Crippen molar-refractivity contribution < 1.29 is 0 Å². The van der Waals surface area contributed by atoms with Gasteiger partial charge in [0.25, 0.3) is 0 Å². The third kappa shape index (κ3) is 1.72. The fourth-order valence-corrected chi connectivity index (χ4v) is 2.68. The van der Waals surface area contributed by atoms with Gasteiger partial charge in [-0.15, -0.1) is 0 Å². The van der Waals surface area contributed by atoms with Crippen molar-refractivity contribution in [2.75, 3.05) is 0 Å². The molecule has 0 N–H and O–H groups in total. The van der Waals surface area contributed by atoms with Crippen LogP contribution in [0.15, 0.2) is 54.6 Å². The van der Waals surface area contributed by atoms with Gasteiger partial charge in [0.2, 0.25) is 0 Å². The lowest BCUT2D eigenvalue weighted by Gasteiger charge is -2.06. The molecule has 1 heterocycles. The van der Waals surface area contributed by atoms with E-state index in [1.54, 1.807) is 0 Å². The highest BCUT2D eigenvalue weighted by Crippen LogP contribution is 2.26. The van der Waals surface area contributed by atoms with E-state index in [1.165, 1.54) is 27.7 Å². The van der Waals surface area contributed by atoms with Crippen LogP contribution in [0.25, 0.3) is 10.9 Å². The summed E-state index contributed by atoms with van der Waals surface area (Å²) in [4.78, 5) is 0. The van der Waals surface area contributed by atoms with Gasteiger partial charge >= 0.3 is 0 Å². The molecule has 0 spiro atoms. The van der Waals surface area contributed by atoms with E-state index in [1.807, 2.05) is 0 Å². The van der Waals surface area contributed by atoms with Gasteiger partial charge in [0.15, 0.2) is 0 Å². The first-order valence-corrected chi connectivity index (χ1v) is 6.34. The van der Waals surface area contributed by atoms with Gasteiger partial charge < -0.3 is 4.57 Å². The minimum atomic E-state index is 0.998. The Morgan fingerprint density at radius 1 is 0.889 bits per heavy atom. The van der Waals surface area contributed by atoms with Gasteiger partial charge in [0.05, 0.1) is 0 Å². The standard InChI is InChI=1S/C17H17N/c1-13-15-10-6-7-11-16(15)18(2)17(13)12-14-8-4-3-5-9-14/h3-11H,12H2,1-2H3. The normalized spacial score (nSPS) is 11.0. The number of rotatable bonds is 2. The van der Waals surface area contributed by atoms with Gasteiger partial charge in [0.1, 0.15) is 0 Å². The number of para-hydroxylation sites is 1. The predicted octanol–water partition coefficient (Wildman–Crippen LogP) is 4.08. The summed E-state index contributed by atoms with van der Waals surface area (Å²) < 4.78 is 2.32. The van der Waals surface area contributed by atoms with Crippen LogP contribution >= 0.6 is 0 Å². The molecule has 0 radical (unpaired) electrons. The monoisotopic (exact) mass is 235 g/mol. The van der Waals surface area contributed by atoms with Crippen molar-refractivity contribution >= 4 is 10.9 Å². The van der Waals surface area contributed by atoms with E-state index >= 15 is 0 Å². The summed E-state index contributed by atoms with van der Waals surface area (Å²) in [7, 11) is 2.16. The molecule has 3 aromatic rings. The molecule has 0 aliphatic heterocycles. The van der Waals surface area contributed by atoms with Gasteiger partial charge in [-0.1, -0.05) is 48.5 Å². The first-order valence-electron chi connectivity index (χ1n) is 6.34. The summed E-state index contributed by atoms with van der Waals surface area (Å²) in [6.07, 6.45) is 0.998. The summed E-state index contributed by atoms with van der Waals surface area (Å²) in [5.74, 6) is 0. The third-order valence-electron chi connectivity index (χ3n) is 3.72. The van der Waals surface area contributed by atoms with E-state index in [9.17, 15) is 0 Å². The van der Waals surface area contributed by atoms with E-state index in [0.717, 1.165) is 6.42 Å². The Kier molecular flexibility index (Phi) is 2.67. The van der Waals surface area contributed by atoms with E-state index in [2.05, 4.69) is 73.1 Å². The first-order chi connectivity index (χ1) is 8.77. The smallest absolute Gasteiger partial charge is 0.0482 e. The Hall–Kier alpha value is -2.02. The largest absolute Gasteiger partial charge is 0.347 e. The number of hydrogen-bond acceptors (Lipinski definition) is 0. The SMILES string of the molecule is Cc1c(Cc2ccccc2)n(C)c2ccccc12. The molecule has 18 heavy (non-hydrogen) atoms. The molecule has 0 fully saturated rings. The van der Waals surface area contributed by atoms with Crippen molar-refractivity contribution in [3.05, 3.63) is 71.4 Å². The van der Waals surface area contributed by atoms with E-state index in [4.69, 9.17) is 0 Å². The fraction of sp³-hybridized carbons (Fsp3) is 0.176. The first kappa shape index (κ1) is 11.1. The van der Waals surface area contributed by atoms with Crippen LogP contribution in [-0.4, -0.2) is 4.57 Å². The van der Waals surface area contributed by atoms with Gasteiger partial charge in [-0.25, -0.2) is 0 Å². The predicted molar refractivity (Wildman–Crippen MR) is 76.9 cm³/mol. The number of fused-ring (bicyclic) bond motifs is 1. The van der Waals surface area contributed by atoms with Crippen molar-refractivity contribution in [3.8, 4) is 0 Å². The molecule has 1 aromatic heterocycles. The fourth-order valence-electron chi connectivity index (χ4n) is 2.68. The number of hydrogen-bond donors (Lipinski definition) is 0. The lowest BCUT2D eigenvalue weighted by atomic mass is 10.1. The lowest BCUT2D eigenvalue weighted by molar-refractivity contribution is 0.872. The molecule has 3 rings (SSSR count). The average Bonchev–Trinajstić information content (AvgIpc) is 2.66. The van der Waals surface area contributed by atoms with Gasteiger partial charge in [0, 0.05) is 30.1 Å². The van der Waals surface area contributed by atoms with Crippen molar-refractivity contribution in [1.29, 1.82) is 0 Å². The van der Waals surface area contributed by atoms with Crippen LogP contribution in [0.1, 0.15) is 16.8 Å². The maximum absolute atomic E-state index is 2.32. The number of benzene rings is 2. The topological polar surface area (TPSA) is 4.93 Å². The van der Waals surface area contributed by atoms with Crippen molar-refractivity contribution in [2.45, 2.75) is 13.3 Å². The summed E-state index contributed by atoms with van der Waals surface area (Å²) in [6, 6.07) is 19.3. The Balaban J connectivity index is 2.12. The summed E-state index contributed by atoms with van der Waals surface area (Å²) in [5.41, 5.74) is 5.49. The second kappa shape index (κ2) is 4.34. The Bertz CT molecular complexity index is 638. The average molecular weight is 235 g/mol. The van der Waals surface area contributed by atoms with E-state index < -0.39 is 0 Å². The third-order valence-corrected chi connectivity index (χ3v) is 3.72. The number of aryl methyl sites for hydroxylation is 2. The van der Waals surface area contributed by atoms with E-state index in [-0.39, 0.29) is 0 Å². The van der Waals surface area contributed by atoms with Gasteiger partial charge in [-0.05, 0) is 24.1 Å². The van der Waals surface area contributed by atoms with Crippen molar-refractivity contribution in [2.24, 2.45) is 7.05 Å². The molecule has 0 atom stereocenters. The molecule has 1 heteroatoms. The van der Waals surface area contributed by atoms with Crippen molar-refractivity contribution in [1.82, 2.24) is 4.57 Å². The summed E-state index contributed by atoms with van der Waals surface area (Å²) in [6.45, 7) is 2.22. The maximum Gasteiger partial charge on any atom is 0.0482 e. The van der Waals surface area contributed by atoms with E-state index in [0.29, 0.717) is 0 Å². The zero-order valence-corrected chi connectivity index (χ0v) is 10.9. The molecular weight excluding hydrogens is 218 g/mol. The molecular formula is C17H17N. The molecule has 0 amide bonds. The molecule has 1 nitrogen and oxygen atoms in total. The van der Waals surface area contributed by atoms with Crippen LogP contribution in [0.2, 0.25) is 0 Å². The molecule has 2 aromatic carbocycles. The molecule has 0 bridgehead atoms. The molecule has 0 saturated heterocycles. The maximum atomic E-state index is 2.32. The van der Waals surface area contributed by atoms with Crippen LogP contribution in [-0.2, 0) is 13.5 Å². The zero-order chi connectivity index (χ0) is 12.5. The second-order valence-corrected chi connectivity index (χ2v) is 4.81. The Labute approximate surface area is 108 Å². The minimum absolute atomic E-state index is 0.998. The molecule has 0 aliphatic carbocycles. The highest BCUT2D eigenvalue weighted by atomic mass is 14.9. The molecule has 90 valence electrons. The highest BCUT2D eigenvalue weighted by molar-refractivity contribution is 5.85. The van der Waals surface area contributed by atoms with Crippen LogP contribution in [0.3, 0.4) is 0 Å². The van der Waals surface area contributed by atoms with Crippen LogP contribution < -0.4 is 0 Å². The number of aromatic nitrogens is 1. The van der Waals surface area contributed by atoms with Gasteiger partial charge in [-0.2, -0.15) is 0 Å². The molecule has 0 unspecified atom stereocenters. The summed E-state index contributed by atoms with van der Waals surface area (Å²) >= 11 is 0.